The van der Waals surface area contributed by atoms with Gasteiger partial charge in [0.2, 0.25) is 0 Å². The second-order valence-electron chi connectivity index (χ2n) is 4.30. The van der Waals surface area contributed by atoms with Crippen molar-refractivity contribution in [2.24, 2.45) is 0 Å². The highest BCUT2D eigenvalue weighted by Crippen LogP contribution is 2.29. The number of nitro benzene ring substituents is 2. The molecule has 0 saturated heterocycles. The van der Waals surface area contributed by atoms with Gasteiger partial charge in [0.05, 0.1) is 20.6 Å². The maximum Gasteiger partial charge on any atom is 0.288 e. The predicted octanol–water partition coefficient (Wildman–Crippen LogP) is 4.06. The van der Waals surface area contributed by atoms with Crippen LogP contribution < -0.4 is 5.32 Å². The molecule has 0 radical (unpaired) electrons. The van der Waals surface area contributed by atoms with Gasteiger partial charge in [-0.05, 0) is 18.2 Å². The fourth-order valence-electron chi connectivity index (χ4n) is 1.71. The molecule has 0 saturated carbocycles. The highest BCUT2D eigenvalue weighted by molar-refractivity contribution is 6.34. The number of non-ortho nitro benzene ring substituents is 1. The van der Waals surface area contributed by atoms with Crippen LogP contribution in [0.3, 0.4) is 0 Å². The van der Waals surface area contributed by atoms with E-state index >= 15 is 0 Å². The van der Waals surface area contributed by atoms with Gasteiger partial charge < -0.3 is 5.32 Å². The first kappa shape index (κ1) is 16.7. The summed E-state index contributed by atoms with van der Waals surface area (Å²) in [6, 6.07) is 7.04. The highest BCUT2D eigenvalue weighted by atomic mass is 35.5. The average Bonchev–Trinajstić information content (AvgIpc) is 2.49. The summed E-state index contributed by atoms with van der Waals surface area (Å²) >= 11 is 11.5. The zero-order valence-corrected chi connectivity index (χ0v) is 12.7. The number of amides is 1. The van der Waals surface area contributed by atoms with Gasteiger partial charge in [0.1, 0.15) is 5.02 Å². The van der Waals surface area contributed by atoms with Gasteiger partial charge in [-0.3, -0.25) is 25.0 Å². The van der Waals surface area contributed by atoms with Crippen molar-refractivity contribution >= 4 is 46.2 Å². The van der Waals surface area contributed by atoms with E-state index in [4.69, 9.17) is 23.2 Å². The lowest BCUT2D eigenvalue weighted by Crippen LogP contribution is -2.12. The number of benzene rings is 2. The number of hydrogen-bond donors (Lipinski definition) is 1. The molecule has 0 heterocycles. The SMILES string of the molecule is O=C(Nc1cc([N+](=O)[O-])ccc1Cl)c1ccc(Cl)c([N+](=O)[O-])c1. The Morgan fingerprint density at radius 3 is 2.22 bits per heavy atom. The Morgan fingerprint density at radius 2 is 1.61 bits per heavy atom. The van der Waals surface area contributed by atoms with Crippen LogP contribution in [0.5, 0.6) is 0 Å². The van der Waals surface area contributed by atoms with E-state index in [1.54, 1.807) is 0 Å². The predicted molar refractivity (Wildman–Crippen MR) is 84.2 cm³/mol. The topological polar surface area (TPSA) is 115 Å². The van der Waals surface area contributed by atoms with Crippen LogP contribution in [0.4, 0.5) is 17.1 Å². The van der Waals surface area contributed by atoms with E-state index in [1.807, 2.05) is 0 Å². The number of rotatable bonds is 4. The molecule has 0 aliphatic rings. The third-order valence-corrected chi connectivity index (χ3v) is 3.46. The quantitative estimate of drug-likeness (QED) is 0.655. The van der Waals surface area contributed by atoms with E-state index in [0.29, 0.717) is 0 Å². The third kappa shape index (κ3) is 3.74. The monoisotopic (exact) mass is 355 g/mol. The first-order valence-electron chi connectivity index (χ1n) is 5.99. The number of nitro groups is 2. The number of halogens is 2. The Balaban J connectivity index is 2.33. The Kier molecular flexibility index (Phi) is 4.77. The van der Waals surface area contributed by atoms with Gasteiger partial charge >= 0.3 is 0 Å². The molecule has 0 fully saturated rings. The maximum atomic E-state index is 12.1. The van der Waals surface area contributed by atoms with Crippen molar-refractivity contribution in [1.29, 1.82) is 0 Å². The molecule has 10 heteroatoms. The van der Waals surface area contributed by atoms with Gasteiger partial charge in [0.15, 0.2) is 0 Å². The summed E-state index contributed by atoms with van der Waals surface area (Å²) in [5, 5.41) is 23.9. The van der Waals surface area contributed by atoms with Crippen LogP contribution in [-0.2, 0) is 0 Å². The second-order valence-corrected chi connectivity index (χ2v) is 5.11. The van der Waals surface area contributed by atoms with E-state index in [9.17, 15) is 25.0 Å². The Hall–Kier alpha value is -2.71. The van der Waals surface area contributed by atoms with Crippen molar-refractivity contribution in [3.05, 3.63) is 72.2 Å². The van der Waals surface area contributed by atoms with Crippen molar-refractivity contribution in [2.45, 2.75) is 0 Å². The molecular weight excluding hydrogens is 349 g/mol. The molecule has 8 nitrogen and oxygen atoms in total. The number of nitrogens with zero attached hydrogens (tertiary/aromatic N) is 2. The summed E-state index contributed by atoms with van der Waals surface area (Å²) in [5.74, 6) is -0.716. The molecule has 0 unspecified atom stereocenters. The summed E-state index contributed by atoms with van der Waals surface area (Å²) in [6.07, 6.45) is 0. The fourth-order valence-corrected chi connectivity index (χ4v) is 2.06. The van der Waals surface area contributed by atoms with E-state index in [0.717, 1.165) is 12.1 Å². The van der Waals surface area contributed by atoms with E-state index in [1.165, 1.54) is 24.3 Å². The number of hydrogen-bond acceptors (Lipinski definition) is 5. The van der Waals surface area contributed by atoms with E-state index in [2.05, 4.69) is 5.32 Å². The van der Waals surface area contributed by atoms with Crippen molar-refractivity contribution in [2.75, 3.05) is 5.32 Å². The number of anilines is 1. The zero-order valence-electron chi connectivity index (χ0n) is 11.2. The van der Waals surface area contributed by atoms with Crippen LogP contribution >= 0.6 is 23.2 Å². The second kappa shape index (κ2) is 6.59. The molecule has 0 aromatic heterocycles. The van der Waals surface area contributed by atoms with Gasteiger partial charge in [0, 0.05) is 23.8 Å². The van der Waals surface area contributed by atoms with Crippen LogP contribution in [-0.4, -0.2) is 15.8 Å². The van der Waals surface area contributed by atoms with Crippen molar-refractivity contribution in [3.63, 3.8) is 0 Å². The van der Waals surface area contributed by atoms with E-state index < -0.39 is 21.4 Å². The van der Waals surface area contributed by atoms with Gasteiger partial charge in [-0.2, -0.15) is 0 Å². The zero-order chi connectivity index (χ0) is 17.1. The van der Waals surface area contributed by atoms with Crippen LogP contribution in [0.15, 0.2) is 36.4 Å². The van der Waals surface area contributed by atoms with Gasteiger partial charge in [-0.25, -0.2) is 0 Å². The molecule has 2 aromatic rings. The molecule has 1 N–H and O–H groups in total. The van der Waals surface area contributed by atoms with Crippen molar-refractivity contribution in [3.8, 4) is 0 Å². The van der Waals surface area contributed by atoms with Crippen molar-refractivity contribution < 1.29 is 14.6 Å². The molecule has 1 amide bonds. The van der Waals surface area contributed by atoms with Crippen LogP contribution in [0.25, 0.3) is 0 Å². The number of carbonyl (C=O) groups excluding carboxylic acids is 1. The van der Waals surface area contributed by atoms with Gasteiger partial charge in [-0.15, -0.1) is 0 Å². The Morgan fingerprint density at radius 1 is 0.957 bits per heavy atom. The van der Waals surface area contributed by atoms with Crippen LogP contribution in [0.2, 0.25) is 10.0 Å². The normalized spacial score (nSPS) is 10.2. The molecule has 2 rings (SSSR count). The summed E-state index contributed by atoms with van der Waals surface area (Å²) in [7, 11) is 0. The minimum atomic E-state index is -0.723. The van der Waals surface area contributed by atoms with Gasteiger partial charge in [-0.1, -0.05) is 23.2 Å². The maximum absolute atomic E-state index is 12.1. The Bertz CT molecular complexity index is 825. The summed E-state index contributed by atoms with van der Waals surface area (Å²) in [4.78, 5) is 32.3. The summed E-state index contributed by atoms with van der Waals surface area (Å²) in [5.41, 5.74) is -0.705. The molecule has 0 spiro atoms. The lowest BCUT2D eigenvalue weighted by molar-refractivity contribution is -0.384. The molecular formula is C13H7Cl2N3O5. The largest absolute Gasteiger partial charge is 0.320 e. The lowest BCUT2D eigenvalue weighted by Gasteiger charge is -2.07. The first-order valence-corrected chi connectivity index (χ1v) is 6.74. The molecule has 2 aromatic carbocycles. The highest BCUT2D eigenvalue weighted by Gasteiger charge is 2.18. The van der Waals surface area contributed by atoms with Crippen molar-refractivity contribution in [1.82, 2.24) is 0 Å². The molecule has 0 atom stereocenters. The van der Waals surface area contributed by atoms with Crippen LogP contribution in [0, 0.1) is 20.2 Å². The molecule has 0 aliphatic heterocycles. The third-order valence-electron chi connectivity index (χ3n) is 2.81. The smallest absolute Gasteiger partial charge is 0.288 e. The molecule has 0 aliphatic carbocycles. The summed E-state index contributed by atoms with van der Waals surface area (Å²) < 4.78 is 0. The molecule has 0 bridgehead atoms. The first-order chi connectivity index (χ1) is 10.8. The van der Waals surface area contributed by atoms with Crippen LogP contribution in [0.1, 0.15) is 10.4 Å². The Labute approximate surface area is 138 Å². The fraction of sp³-hybridized carbons (Fsp3) is 0. The average molecular weight is 356 g/mol. The molecule has 118 valence electrons. The lowest BCUT2D eigenvalue weighted by atomic mass is 10.2. The number of nitrogens with one attached hydrogen (secondary N) is 1. The minimum Gasteiger partial charge on any atom is -0.320 e. The summed E-state index contributed by atoms with van der Waals surface area (Å²) in [6.45, 7) is 0. The standard InChI is InChI=1S/C13H7Cl2N3O5/c14-9-4-2-8(17(20)21)6-11(9)16-13(19)7-1-3-10(15)12(5-7)18(22)23/h1-6H,(H,16,19). The van der Waals surface area contributed by atoms with Gasteiger partial charge in [0.25, 0.3) is 17.3 Å². The number of carbonyl (C=O) groups is 1. The van der Waals surface area contributed by atoms with E-state index in [-0.39, 0.29) is 27.0 Å². The minimum absolute atomic E-state index is 0.0171. The molecule has 23 heavy (non-hydrogen) atoms.